The molecular formula is C16H25N3O. The zero-order valence-corrected chi connectivity index (χ0v) is 12.5. The first-order valence-corrected chi connectivity index (χ1v) is 7.51. The number of rotatable bonds is 4. The van der Waals surface area contributed by atoms with Crippen molar-refractivity contribution in [3.8, 4) is 0 Å². The Morgan fingerprint density at radius 2 is 2.10 bits per heavy atom. The van der Waals surface area contributed by atoms with E-state index in [1.54, 1.807) is 0 Å². The predicted molar refractivity (Wildman–Crippen MR) is 83.0 cm³/mol. The third kappa shape index (κ3) is 4.53. The average molecular weight is 275 g/mol. The molecule has 1 fully saturated rings. The van der Waals surface area contributed by atoms with Crippen LogP contribution in [-0.4, -0.2) is 37.1 Å². The van der Waals surface area contributed by atoms with Crippen molar-refractivity contribution < 1.29 is 4.79 Å². The van der Waals surface area contributed by atoms with Crippen molar-refractivity contribution in [1.82, 2.24) is 10.2 Å². The van der Waals surface area contributed by atoms with E-state index in [4.69, 9.17) is 0 Å². The lowest BCUT2D eigenvalue weighted by Crippen LogP contribution is -2.41. The number of amides is 2. The number of anilines is 1. The Kier molecular flexibility index (Phi) is 5.41. The Balaban J connectivity index is 1.73. The summed E-state index contributed by atoms with van der Waals surface area (Å²) in [7, 11) is 0. The van der Waals surface area contributed by atoms with Gasteiger partial charge in [0.25, 0.3) is 0 Å². The van der Waals surface area contributed by atoms with E-state index in [0.717, 1.165) is 25.3 Å². The van der Waals surface area contributed by atoms with E-state index < -0.39 is 0 Å². The fraction of sp³-hybridized carbons (Fsp3) is 0.562. The largest absolute Gasteiger partial charge is 0.338 e. The number of nitrogens with zero attached hydrogens (tertiary/aromatic N) is 1. The molecule has 4 heteroatoms. The van der Waals surface area contributed by atoms with E-state index in [1.165, 1.54) is 24.9 Å². The van der Waals surface area contributed by atoms with Crippen molar-refractivity contribution in [3.63, 3.8) is 0 Å². The van der Waals surface area contributed by atoms with Crippen molar-refractivity contribution in [2.24, 2.45) is 5.92 Å². The minimum absolute atomic E-state index is 0.109. The van der Waals surface area contributed by atoms with E-state index in [1.807, 2.05) is 31.2 Å². The summed E-state index contributed by atoms with van der Waals surface area (Å²) in [4.78, 5) is 14.3. The van der Waals surface area contributed by atoms with Gasteiger partial charge in [-0.1, -0.05) is 24.6 Å². The predicted octanol–water partition coefficient (Wildman–Crippen LogP) is 2.85. The van der Waals surface area contributed by atoms with Crippen molar-refractivity contribution in [2.75, 3.05) is 31.5 Å². The highest BCUT2D eigenvalue weighted by Gasteiger charge is 2.18. The molecule has 2 N–H and O–H groups in total. The summed E-state index contributed by atoms with van der Waals surface area (Å²) in [5.41, 5.74) is 2.03. The third-order valence-corrected chi connectivity index (χ3v) is 3.91. The molecule has 1 heterocycles. The number of likely N-dealkylation sites (tertiary alicyclic amines) is 1. The molecule has 1 aromatic carbocycles. The zero-order valence-electron chi connectivity index (χ0n) is 12.5. The molecule has 0 unspecified atom stereocenters. The molecule has 20 heavy (non-hydrogen) atoms. The molecule has 1 aliphatic rings. The highest BCUT2D eigenvalue weighted by atomic mass is 16.2. The highest BCUT2D eigenvalue weighted by molar-refractivity contribution is 5.89. The summed E-state index contributed by atoms with van der Waals surface area (Å²) in [5, 5.41) is 5.85. The second-order valence-electron chi connectivity index (χ2n) is 5.60. The molecule has 2 amide bonds. The fourth-order valence-electron chi connectivity index (χ4n) is 2.65. The van der Waals surface area contributed by atoms with Crippen LogP contribution in [0.3, 0.4) is 0 Å². The van der Waals surface area contributed by atoms with Crippen molar-refractivity contribution in [1.29, 1.82) is 0 Å². The third-order valence-electron chi connectivity index (χ3n) is 3.91. The number of urea groups is 1. The summed E-state index contributed by atoms with van der Waals surface area (Å²) in [6.07, 6.45) is 2.45. The van der Waals surface area contributed by atoms with Crippen LogP contribution in [0.15, 0.2) is 24.3 Å². The number of carbonyl (C=O) groups is 1. The topological polar surface area (TPSA) is 44.4 Å². The molecule has 4 nitrogen and oxygen atoms in total. The minimum Gasteiger partial charge on any atom is -0.338 e. The van der Waals surface area contributed by atoms with Gasteiger partial charge >= 0.3 is 6.03 Å². The number of hydrogen-bond acceptors (Lipinski definition) is 2. The summed E-state index contributed by atoms with van der Waals surface area (Å²) < 4.78 is 0. The maximum absolute atomic E-state index is 11.9. The molecule has 1 aromatic rings. The molecule has 1 atom stereocenters. The lowest BCUT2D eigenvalue weighted by atomic mass is 9.98. The van der Waals surface area contributed by atoms with Gasteiger partial charge in [0.1, 0.15) is 0 Å². The van der Waals surface area contributed by atoms with Crippen LogP contribution in [0.1, 0.15) is 25.3 Å². The second kappa shape index (κ2) is 7.29. The number of aryl methyl sites for hydroxylation is 1. The normalized spacial score (nSPS) is 19.6. The fourth-order valence-corrected chi connectivity index (χ4v) is 2.65. The van der Waals surface area contributed by atoms with Crippen LogP contribution in [0.4, 0.5) is 10.5 Å². The molecule has 0 aliphatic carbocycles. The van der Waals surface area contributed by atoms with Crippen LogP contribution >= 0.6 is 0 Å². The summed E-state index contributed by atoms with van der Waals surface area (Å²) >= 11 is 0. The standard InChI is InChI=1S/C16H25N3O/c1-3-19-10-4-5-14(12-19)11-17-16(20)18-15-8-6-13(2)7-9-15/h6-9,14H,3-5,10-12H2,1-2H3,(H2,17,18,20)/t14-/m0/s1. The van der Waals surface area contributed by atoms with Gasteiger partial charge < -0.3 is 15.5 Å². The summed E-state index contributed by atoms with van der Waals surface area (Å²) in [6.45, 7) is 8.39. The number of hydrogen-bond donors (Lipinski definition) is 2. The molecule has 110 valence electrons. The molecule has 0 aromatic heterocycles. The van der Waals surface area contributed by atoms with E-state index in [0.29, 0.717) is 5.92 Å². The van der Waals surface area contributed by atoms with E-state index in [2.05, 4.69) is 22.5 Å². The van der Waals surface area contributed by atoms with Crippen molar-refractivity contribution in [3.05, 3.63) is 29.8 Å². The Morgan fingerprint density at radius 1 is 1.35 bits per heavy atom. The van der Waals surface area contributed by atoms with Gasteiger partial charge in [-0.3, -0.25) is 0 Å². The van der Waals surface area contributed by atoms with Gasteiger partial charge in [0.15, 0.2) is 0 Å². The SMILES string of the molecule is CCN1CCC[C@@H](CNC(=O)Nc2ccc(C)cc2)C1. The van der Waals surface area contributed by atoms with Crippen molar-refractivity contribution >= 4 is 11.7 Å². The molecular weight excluding hydrogens is 250 g/mol. The maximum Gasteiger partial charge on any atom is 0.319 e. The zero-order chi connectivity index (χ0) is 14.4. The molecule has 0 spiro atoms. The molecule has 0 saturated carbocycles. The lowest BCUT2D eigenvalue weighted by Gasteiger charge is -2.31. The van der Waals surface area contributed by atoms with E-state index >= 15 is 0 Å². The Labute approximate surface area is 121 Å². The first-order chi connectivity index (χ1) is 9.67. The Bertz CT molecular complexity index is 430. The Hall–Kier alpha value is -1.55. The van der Waals surface area contributed by atoms with Gasteiger partial charge in [0.05, 0.1) is 0 Å². The van der Waals surface area contributed by atoms with Gasteiger partial charge in [-0.2, -0.15) is 0 Å². The Morgan fingerprint density at radius 3 is 2.80 bits per heavy atom. The molecule has 0 bridgehead atoms. The van der Waals surface area contributed by atoms with Gasteiger partial charge in [0, 0.05) is 18.8 Å². The van der Waals surface area contributed by atoms with Crippen LogP contribution < -0.4 is 10.6 Å². The van der Waals surface area contributed by atoms with Crippen LogP contribution in [0.5, 0.6) is 0 Å². The smallest absolute Gasteiger partial charge is 0.319 e. The molecule has 1 aliphatic heterocycles. The molecule has 2 rings (SSSR count). The first-order valence-electron chi connectivity index (χ1n) is 7.51. The second-order valence-corrected chi connectivity index (χ2v) is 5.60. The van der Waals surface area contributed by atoms with Gasteiger partial charge in [-0.05, 0) is 50.9 Å². The van der Waals surface area contributed by atoms with Crippen LogP contribution in [0.2, 0.25) is 0 Å². The molecule has 1 saturated heterocycles. The van der Waals surface area contributed by atoms with Crippen molar-refractivity contribution in [2.45, 2.75) is 26.7 Å². The van der Waals surface area contributed by atoms with Crippen LogP contribution in [0, 0.1) is 12.8 Å². The van der Waals surface area contributed by atoms with E-state index in [-0.39, 0.29) is 6.03 Å². The van der Waals surface area contributed by atoms with Crippen LogP contribution in [0.25, 0.3) is 0 Å². The number of nitrogens with one attached hydrogen (secondary N) is 2. The summed E-state index contributed by atoms with van der Waals surface area (Å²) in [5.74, 6) is 0.576. The average Bonchev–Trinajstić information content (AvgIpc) is 2.48. The van der Waals surface area contributed by atoms with Crippen LogP contribution in [-0.2, 0) is 0 Å². The maximum atomic E-state index is 11.9. The van der Waals surface area contributed by atoms with Gasteiger partial charge in [0.2, 0.25) is 0 Å². The monoisotopic (exact) mass is 275 g/mol. The first kappa shape index (κ1) is 14.9. The number of piperidine rings is 1. The number of benzene rings is 1. The number of carbonyl (C=O) groups excluding carboxylic acids is 1. The molecule has 0 radical (unpaired) electrons. The quantitative estimate of drug-likeness (QED) is 0.887. The van der Waals surface area contributed by atoms with Gasteiger partial charge in [-0.15, -0.1) is 0 Å². The summed E-state index contributed by atoms with van der Waals surface area (Å²) in [6, 6.07) is 7.73. The minimum atomic E-state index is -0.109. The van der Waals surface area contributed by atoms with Gasteiger partial charge in [-0.25, -0.2) is 4.79 Å². The highest BCUT2D eigenvalue weighted by Crippen LogP contribution is 2.15. The lowest BCUT2D eigenvalue weighted by molar-refractivity contribution is 0.180. The van der Waals surface area contributed by atoms with E-state index in [9.17, 15) is 4.79 Å².